The molecule has 0 aliphatic carbocycles. The zero-order valence-corrected chi connectivity index (χ0v) is 19.8. The van der Waals surface area contributed by atoms with Gasteiger partial charge in [0.05, 0.1) is 7.14 Å². The van der Waals surface area contributed by atoms with Crippen LogP contribution in [0.5, 0.6) is 5.75 Å². The third kappa shape index (κ3) is 7.14. The van der Waals surface area contributed by atoms with Crippen molar-refractivity contribution >= 4 is 63.0 Å². The molecule has 0 unspecified atom stereocenters. The number of carbonyl (C=O) groups is 3. The van der Waals surface area contributed by atoms with Crippen molar-refractivity contribution in [3.05, 3.63) is 60.7 Å². The number of carboxylic acid groups (broad SMARTS) is 1. The van der Waals surface area contributed by atoms with Crippen LogP contribution in [0.2, 0.25) is 0 Å². The molecule has 0 saturated heterocycles. The second kappa shape index (κ2) is 10.8. The molecule has 0 fully saturated rings. The summed E-state index contributed by atoms with van der Waals surface area (Å²) in [6, 6.07) is 10.4. The van der Waals surface area contributed by atoms with Crippen LogP contribution in [0.1, 0.15) is 18.1 Å². The van der Waals surface area contributed by atoms with E-state index in [-0.39, 0.29) is 24.5 Å². The average molecular weight is 622 g/mol. The van der Waals surface area contributed by atoms with Gasteiger partial charge >= 0.3 is 5.97 Å². The highest BCUT2D eigenvalue weighted by Gasteiger charge is 2.26. The quantitative estimate of drug-likeness (QED) is 0.338. The van der Waals surface area contributed by atoms with Crippen LogP contribution < -0.4 is 10.6 Å². The number of nitrogens with one attached hydrogen (secondary N) is 2. The van der Waals surface area contributed by atoms with Crippen molar-refractivity contribution in [1.82, 2.24) is 10.6 Å². The summed E-state index contributed by atoms with van der Waals surface area (Å²) < 4.78 is 1.19. The largest absolute Gasteiger partial charge is 0.506 e. The number of hydrogen-bond acceptors (Lipinski definition) is 4. The third-order valence-electron chi connectivity index (χ3n) is 4.11. The maximum atomic E-state index is 12.7. The van der Waals surface area contributed by atoms with Gasteiger partial charge in [-0.2, -0.15) is 0 Å². The summed E-state index contributed by atoms with van der Waals surface area (Å²) in [6.45, 7) is 1.31. The minimum absolute atomic E-state index is 0.0471. The van der Waals surface area contributed by atoms with Crippen molar-refractivity contribution in [2.75, 3.05) is 0 Å². The topological polar surface area (TPSA) is 116 Å². The molecule has 7 nitrogen and oxygen atoms in total. The van der Waals surface area contributed by atoms with Gasteiger partial charge in [0.1, 0.15) is 17.8 Å². The molecule has 0 aromatic heterocycles. The van der Waals surface area contributed by atoms with Gasteiger partial charge in [-0.15, -0.1) is 0 Å². The van der Waals surface area contributed by atoms with Crippen molar-refractivity contribution in [2.45, 2.75) is 31.8 Å². The normalized spacial score (nSPS) is 12.7. The molecule has 0 aliphatic rings. The van der Waals surface area contributed by atoms with E-state index in [1.807, 2.05) is 75.5 Å². The summed E-state index contributed by atoms with van der Waals surface area (Å²) in [5.74, 6) is -1.99. The molecule has 29 heavy (non-hydrogen) atoms. The van der Waals surface area contributed by atoms with E-state index in [1.165, 1.54) is 6.92 Å². The zero-order chi connectivity index (χ0) is 21.6. The van der Waals surface area contributed by atoms with Crippen molar-refractivity contribution in [1.29, 1.82) is 0 Å². The number of carbonyl (C=O) groups excluding carboxylic acids is 2. The number of carboxylic acids is 1. The summed E-state index contributed by atoms with van der Waals surface area (Å²) in [5.41, 5.74) is 1.51. The standard InChI is InChI=1S/C20H20I2N2O5/c1-11(25)23-16(9-12-5-3-2-4-6-12)19(27)24-17(20(28)29)10-13-7-14(21)18(26)15(22)8-13/h2-8,16-17,26H,9-10H2,1H3,(H,23,25)(H,24,27)(H,28,29)/t16-,17+/m1/s1. The fourth-order valence-corrected chi connectivity index (χ4v) is 4.65. The fraction of sp³-hybridized carbons (Fsp3) is 0.250. The van der Waals surface area contributed by atoms with E-state index in [1.54, 1.807) is 12.1 Å². The van der Waals surface area contributed by atoms with Gasteiger partial charge in [-0.25, -0.2) is 4.79 Å². The minimum Gasteiger partial charge on any atom is -0.506 e. The van der Waals surface area contributed by atoms with Gasteiger partial charge in [0.15, 0.2) is 0 Å². The Balaban J connectivity index is 2.17. The Labute approximate surface area is 195 Å². The monoisotopic (exact) mass is 622 g/mol. The maximum absolute atomic E-state index is 12.7. The Morgan fingerprint density at radius 1 is 0.931 bits per heavy atom. The number of phenols is 1. The van der Waals surface area contributed by atoms with E-state index in [9.17, 15) is 24.6 Å². The van der Waals surface area contributed by atoms with E-state index in [2.05, 4.69) is 10.6 Å². The van der Waals surface area contributed by atoms with Crippen LogP contribution in [0.3, 0.4) is 0 Å². The number of aliphatic carboxylic acids is 1. The molecule has 4 N–H and O–H groups in total. The Hall–Kier alpha value is -1.89. The van der Waals surface area contributed by atoms with Gasteiger partial charge < -0.3 is 20.8 Å². The van der Waals surface area contributed by atoms with Crippen molar-refractivity contribution < 1.29 is 24.6 Å². The Morgan fingerprint density at radius 2 is 1.48 bits per heavy atom. The summed E-state index contributed by atoms with van der Waals surface area (Å²) in [6.07, 6.45) is 0.291. The minimum atomic E-state index is -1.18. The first-order valence-corrected chi connectivity index (χ1v) is 10.8. The van der Waals surface area contributed by atoms with Crippen LogP contribution >= 0.6 is 45.2 Å². The first-order chi connectivity index (χ1) is 13.7. The van der Waals surface area contributed by atoms with Crippen LogP contribution in [0.15, 0.2) is 42.5 Å². The van der Waals surface area contributed by atoms with Crippen molar-refractivity contribution in [2.24, 2.45) is 0 Å². The number of rotatable bonds is 8. The molecule has 2 rings (SSSR count). The lowest BCUT2D eigenvalue weighted by Gasteiger charge is -2.21. The third-order valence-corrected chi connectivity index (χ3v) is 5.75. The number of aromatic hydroxyl groups is 1. The van der Waals surface area contributed by atoms with Gasteiger partial charge in [-0.3, -0.25) is 9.59 Å². The Morgan fingerprint density at radius 3 is 2.00 bits per heavy atom. The highest BCUT2D eigenvalue weighted by Crippen LogP contribution is 2.27. The summed E-state index contributed by atoms with van der Waals surface area (Å²) in [7, 11) is 0. The van der Waals surface area contributed by atoms with Crippen molar-refractivity contribution in [3.8, 4) is 5.75 Å². The van der Waals surface area contributed by atoms with Crippen LogP contribution in [0, 0.1) is 7.14 Å². The first-order valence-electron chi connectivity index (χ1n) is 8.68. The van der Waals surface area contributed by atoms with Gasteiger partial charge in [0, 0.05) is 19.8 Å². The lowest BCUT2D eigenvalue weighted by molar-refractivity contribution is -0.142. The number of amides is 2. The highest BCUT2D eigenvalue weighted by molar-refractivity contribution is 14.1. The molecule has 2 amide bonds. The van der Waals surface area contributed by atoms with E-state index >= 15 is 0 Å². The second-order valence-corrected chi connectivity index (χ2v) is 8.78. The van der Waals surface area contributed by atoms with Gasteiger partial charge in [0.25, 0.3) is 0 Å². The highest BCUT2D eigenvalue weighted by atomic mass is 127. The number of phenolic OH excluding ortho intramolecular Hbond substituents is 1. The molecule has 9 heteroatoms. The lowest BCUT2D eigenvalue weighted by atomic mass is 10.0. The summed E-state index contributed by atoms with van der Waals surface area (Å²) in [4.78, 5) is 36.0. The first kappa shape index (κ1) is 23.4. The van der Waals surface area contributed by atoms with Gasteiger partial charge in [0.2, 0.25) is 11.8 Å². The molecule has 154 valence electrons. The van der Waals surface area contributed by atoms with E-state index in [4.69, 9.17) is 0 Å². The predicted octanol–water partition coefficient (Wildman–Crippen LogP) is 2.46. The Kier molecular flexibility index (Phi) is 8.68. The fourth-order valence-electron chi connectivity index (χ4n) is 2.75. The molecule has 2 aromatic carbocycles. The second-order valence-electron chi connectivity index (χ2n) is 6.45. The number of halogens is 2. The SMILES string of the molecule is CC(=O)N[C@H](Cc1ccccc1)C(=O)N[C@@H](Cc1cc(I)c(O)c(I)c1)C(=O)O. The molecule has 0 radical (unpaired) electrons. The Bertz CT molecular complexity index is 882. The van der Waals surface area contributed by atoms with Crippen LogP contribution in [-0.4, -0.2) is 40.1 Å². The summed E-state index contributed by atoms with van der Waals surface area (Å²) in [5, 5.41) is 24.6. The molecule has 0 spiro atoms. The summed E-state index contributed by atoms with van der Waals surface area (Å²) >= 11 is 3.93. The zero-order valence-electron chi connectivity index (χ0n) is 15.5. The molecule has 0 saturated carbocycles. The molecule has 0 aliphatic heterocycles. The van der Waals surface area contributed by atoms with E-state index in [0.29, 0.717) is 12.7 Å². The molecule has 2 atom stereocenters. The lowest BCUT2D eigenvalue weighted by Crippen LogP contribution is -2.52. The van der Waals surface area contributed by atoms with Gasteiger partial charge in [-0.1, -0.05) is 30.3 Å². The number of hydrogen-bond donors (Lipinski definition) is 4. The molecular formula is C20H20I2N2O5. The average Bonchev–Trinajstić information content (AvgIpc) is 2.65. The predicted molar refractivity (Wildman–Crippen MR) is 125 cm³/mol. The molecule has 2 aromatic rings. The molecule has 0 heterocycles. The number of benzene rings is 2. The van der Waals surface area contributed by atoms with Crippen LogP contribution in [0.25, 0.3) is 0 Å². The smallest absolute Gasteiger partial charge is 0.326 e. The molecular weight excluding hydrogens is 602 g/mol. The van der Waals surface area contributed by atoms with Crippen LogP contribution in [0.4, 0.5) is 0 Å². The maximum Gasteiger partial charge on any atom is 0.326 e. The van der Waals surface area contributed by atoms with E-state index < -0.39 is 24.0 Å². The molecule has 0 bridgehead atoms. The van der Waals surface area contributed by atoms with Crippen LogP contribution in [-0.2, 0) is 27.2 Å². The van der Waals surface area contributed by atoms with E-state index in [0.717, 1.165) is 5.56 Å². The van der Waals surface area contributed by atoms with Gasteiger partial charge in [-0.05, 0) is 68.4 Å². The van der Waals surface area contributed by atoms with Crippen molar-refractivity contribution in [3.63, 3.8) is 0 Å².